The predicted molar refractivity (Wildman–Crippen MR) is 92.1 cm³/mol. The Labute approximate surface area is 148 Å². The van der Waals surface area contributed by atoms with Gasteiger partial charge in [0.2, 0.25) is 5.91 Å². The molecule has 7 nitrogen and oxygen atoms in total. The van der Waals surface area contributed by atoms with Crippen LogP contribution in [-0.4, -0.2) is 40.3 Å². The summed E-state index contributed by atoms with van der Waals surface area (Å²) in [4.78, 5) is 40.3. The Bertz CT molecular complexity index is 891. The molecule has 1 fully saturated rings. The summed E-state index contributed by atoms with van der Waals surface area (Å²) < 4.78 is 0. The summed E-state index contributed by atoms with van der Waals surface area (Å²) in [5.74, 6) is -0.388. The van der Waals surface area contributed by atoms with Crippen molar-refractivity contribution >= 4 is 40.3 Å². The number of imide groups is 1. The third-order valence-corrected chi connectivity index (χ3v) is 5.13. The molecule has 1 saturated heterocycles. The van der Waals surface area contributed by atoms with Crippen LogP contribution in [-0.2, 0) is 22.6 Å². The highest BCUT2D eigenvalue weighted by Gasteiger charge is 2.31. The third kappa shape index (κ3) is 2.84. The summed E-state index contributed by atoms with van der Waals surface area (Å²) >= 11 is 6.24. The summed E-state index contributed by atoms with van der Waals surface area (Å²) in [6.07, 6.45) is 1.27. The van der Waals surface area contributed by atoms with Crippen LogP contribution in [0.5, 0.6) is 0 Å². The molecule has 0 spiro atoms. The van der Waals surface area contributed by atoms with Crippen molar-refractivity contribution in [1.82, 2.24) is 20.5 Å². The molecular weight excluding hydrogens is 344 g/mol. The van der Waals surface area contributed by atoms with E-state index in [9.17, 15) is 14.4 Å². The lowest BCUT2D eigenvalue weighted by molar-refractivity contribution is -0.132. The molecule has 1 aromatic heterocycles. The van der Waals surface area contributed by atoms with E-state index in [-0.39, 0.29) is 18.2 Å². The molecule has 1 atom stereocenters. The molecule has 1 aromatic carbocycles. The van der Waals surface area contributed by atoms with E-state index in [0.717, 1.165) is 28.6 Å². The number of nitrogens with one attached hydrogen (secondary N) is 3. The lowest BCUT2D eigenvalue weighted by Crippen LogP contribution is -2.37. The molecule has 25 heavy (non-hydrogen) atoms. The second-order valence-electron chi connectivity index (χ2n) is 6.36. The van der Waals surface area contributed by atoms with Crippen LogP contribution >= 0.6 is 11.6 Å². The van der Waals surface area contributed by atoms with Gasteiger partial charge in [-0.3, -0.25) is 14.9 Å². The topological polar surface area (TPSA) is 94.3 Å². The Balaban J connectivity index is 1.46. The average molecular weight is 361 g/mol. The van der Waals surface area contributed by atoms with Gasteiger partial charge in [0.1, 0.15) is 6.04 Å². The van der Waals surface area contributed by atoms with Crippen LogP contribution in [0, 0.1) is 0 Å². The number of rotatable bonds is 3. The predicted octanol–water partition coefficient (Wildman–Crippen LogP) is 1.69. The maximum absolute atomic E-state index is 12.5. The van der Waals surface area contributed by atoms with Crippen molar-refractivity contribution in [2.24, 2.45) is 0 Å². The van der Waals surface area contributed by atoms with E-state index in [1.807, 2.05) is 18.2 Å². The van der Waals surface area contributed by atoms with Gasteiger partial charge in [-0.2, -0.15) is 0 Å². The number of nitrogens with zero attached hydrogens (tertiary/aromatic N) is 1. The van der Waals surface area contributed by atoms with Crippen LogP contribution in [0.3, 0.4) is 0 Å². The van der Waals surface area contributed by atoms with E-state index in [0.29, 0.717) is 24.5 Å². The molecule has 130 valence electrons. The third-order valence-electron chi connectivity index (χ3n) is 4.82. The van der Waals surface area contributed by atoms with Gasteiger partial charge in [0.25, 0.3) is 5.91 Å². The van der Waals surface area contributed by atoms with Crippen LogP contribution in [0.15, 0.2) is 18.2 Å². The number of fused-ring (bicyclic) bond motifs is 3. The van der Waals surface area contributed by atoms with E-state index < -0.39 is 12.1 Å². The lowest BCUT2D eigenvalue weighted by Gasteiger charge is -2.27. The number of aromatic amines is 1. The summed E-state index contributed by atoms with van der Waals surface area (Å²) in [6.45, 7) is 1.15. The van der Waals surface area contributed by atoms with E-state index in [1.54, 1.807) is 4.90 Å². The fourth-order valence-electron chi connectivity index (χ4n) is 3.50. The fourth-order valence-corrected chi connectivity index (χ4v) is 3.72. The largest absolute Gasteiger partial charge is 0.357 e. The van der Waals surface area contributed by atoms with Gasteiger partial charge in [0, 0.05) is 42.6 Å². The minimum absolute atomic E-state index is 0.0176. The molecule has 2 aliphatic rings. The SMILES string of the molecule is O=C1NC(=O)[C@@H](CCC(=O)N2CCc3[nH]c4c(Cl)cccc4c3C2)N1. The van der Waals surface area contributed by atoms with Crippen LogP contribution < -0.4 is 10.6 Å². The molecular formula is C17H17ClN4O3. The van der Waals surface area contributed by atoms with Crippen molar-refractivity contribution < 1.29 is 14.4 Å². The van der Waals surface area contributed by atoms with Crippen LogP contribution in [0.1, 0.15) is 24.1 Å². The van der Waals surface area contributed by atoms with Crippen molar-refractivity contribution in [2.45, 2.75) is 31.8 Å². The Kier molecular flexibility index (Phi) is 3.88. The molecule has 0 radical (unpaired) electrons. The van der Waals surface area contributed by atoms with Gasteiger partial charge < -0.3 is 15.2 Å². The number of urea groups is 1. The Morgan fingerprint density at radius 2 is 2.16 bits per heavy atom. The molecule has 0 saturated carbocycles. The number of benzene rings is 1. The quantitative estimate of drug-likeness (QED) is 0.727. The zero-order valence-corrected chi connectivity index (χ0v) is 14.2. The van der Waals surface area contributed by atoms with Crippen molar-refractivity contribution in [3.63, 3.8) is 0 Å². The first kappa shape index (κ1) is 16.0. The van der Waals surface area contributed by atoms with Crippen molar-refractivity contribution in [1.29, 1.82) is 0 Å². The first-order valence-corrected chi connectivity index (χ1v) is 8.58. The monoisotopic (exact) mass is 360 g/mol. The number of H-pyrrole nitrogens is 1. The number of halogens is 1. The zero-order chi connectivity index (χ0) is 17.6. The molecule has 0 bridgehead atoms. The van der Waals surface area contributed by atoms with Gasteiger partial charge in [-0.1, -0.05) is 23.7 Å². The standard InChI is InChI=1S/C17H17ClN4O3/c18-11-3-1-2-9-10-8-22(7-6-12(10)19-15(9)11)14(23)5-4-13-16(24)21-17(25)20-13/h1-3,13,19H,4-8H2,(H2,20,21,24,25)/t13-/m1/s1. The lowest BCUT2D eigenvalue weighted by atomic mass is 10.0. The van der Waals surface area contributed by atoms with Crippen molar-refractivity contribution in [3.05, 3.63) is 34.5 Å². The Morgan fingerprint density at radius 1 is 1.32 bits per heavy atom. The maximum atomic E-state index is 12.5. The van der Waals surface area contributed by atoms with Gasteiger partial charge in [0.05, 0.1) is 10.5 Å². The van der Waals surface area contributed by atoms with Gasteiger partial charge in [-0.25, -0.2) is 4.79 Å². The fraction of sp³-hybridized carbons (Fsp3) is 0.353. The van der Waals surface area contributed by atoms with E-state index in [2.05, 4.69) is 15.6 Å². The summed E-state index contributed by atoms with van der Waals surface area (Å²) in [5, 5.41) is 6.41. The Hall–Kier alpha value is -2.54. The number of amides is 4. The second-order valence-corrected chi connectivity index (χ2v) is 6.77. The number of hydrogen-bond acceptors (Lipinski definition) is 3. The Morgan fingerprint density at radius 3 is 2.92 bits per heavy atom. The summed E-state index contributed by atoms with van der Waals surface area (Å²) in [7, 11) is 0. The number of para-hydroxylation sites is 1. The maximum Gasteiger partial charge on any atom is 0.322 e. The molecule has 4 rings (SSSR count). The molecule has 8 heteroatoms. The van der Waals surface area contributed by atoms with Crippen LogP contribution in [0.25, 0.3) is 10.9 Å². The normalized spacial score (nSPS) is 19.7. The highest BCUT2D eigenvalue weighted by Crippen LogP contribution is 2.31. The minimum atomic E-state index is -0.622. The summed E-state index contributed by atoms with van der Waals surface area (Å²) in [6, 6.07) is 4.63. The number of carbonyl (C=O) groups excluding carboxylic acids is 3. The van der Waals surface area contributed by atoms with Gasteiger partial charge in [-0.15, -0.1) is 0 Å². The van der Waals surface area contributed by atoms with E-state index in [4.69, 9.17) is 11.6 Å². The number of hydrogen-bond donors (Lipinski definition) is 3. The molecule has 0 unspecified atom stereocenters. The molecule has 3 heterocycles. The second kappa shape index (κ2) is 6.07. The number of aromatic nitrogens is 1. The van der Waals surface area contributed by atoms with Crippen molar-refractivity contribution in [3.8, 4) is 0 Å². The van der Waals surface area contributed by atoms with E-state index >= 15 is 0 Å². The highest BCUT2D eigenvalue weighted by atomic mass is 35.5. The average Bonchev–Trinajstić information content (AvgIpc) is 3.12. The molecule has 0 aliphatic carbocycles. The molecule has 2 aromatic rings. The van der Waals surface area contributed by atoms with Gasteiger partial charge in [-0.05, 0) is 12.5 Å². The van der Waals surface area contributed by atoms with Gasteiger partial charge in [0.15, 0.2) is 0 Å². The number of carbonyl (C=O) groups is 3. The molecule has 2 aliphatic heterocycles. The smallest absolute Gasteiger partial charge is 0.322 e. The van der Waals surface area contributed by atoms with Crippen LogP contribution in [0.2, 0.25) is 5.02 Å². The van der Waals surface area contributed by atoms with Crippen LogP contribution in [0.4, 0.5) is 4.79 Å². The summed E-state index contributed by atoms with van der Waals surface area (Å²) in [5.41, 5.74) is 3.13. The van der Waals surface area contributed by atoms with Gasteiger partial charge >= 0.3 is 6.03 Å². The first-order chi connectivity index (χ1) is 12.0. The minimum Gasteiger partial charge on any atom is -0.357 e. The molecule has 3 N–H and O–H groups in total. The first-order valence-electron chi connectivity index (χ1n) is 8.20. The molecule has 4 amide bonds. The highest BCUT2D eigenvalue weighted by molar-refractivity contribution is 6.35. The van der Waals surface area contributed by atoms with Crippen molar-refractivity contribution in [2.75, 3.05) is 6.54 Å². The zero-order valence-electron chi connectivity index (χ0n) is 13.4. The van der Waals surface area contributed by atoms with E-state index in [1.165, 1.54) is 0 Å².